The highest BCUT2D eigenvalue weighted by Gasteiger charge is 2.16. The zero-order chi connectivity index (χ0) is 16.1. The van der Waals surface area contributed by atoms with Crippen LogP contribution in [0.25, 0.3) is 11.1 Å². The maximum absolute atomic E-state index is 12.2. The molecule has 2 N–H and O–H groups in total. The van der Waals surface area contributed by atoms with E-state index in [2.05, 4.69) is 5.32 Å². The Morgan fingerprint density at radius 3 is 2.65 bits per heavy atom. The lowest BCUT2D eigenvalue weighted by molar-refractivity contribution is 0.0945. The molecule has 120 valence electrons. The van der Waals surface area contributed by atoms with Crippen molar-refractivity contribution in [1.82, 2.24) is 5.32 Å². The van der Waals surface area contributed by atoms with E-state index in [0.29, 0.717) is 18.0 Å². The summed E-state index contributed by atoms with van der Waals surface area (Å²) in [5, 5.41) is 12.4. The summed E-state index contributed by atoms with van der Waals surface area (Å²) >= 11 is 0. The molecule has 2 aromatic carbocycles. The molecule has 1 heterocycles. The Labute approximate surface area is 136 Å². The van der Waals surface area contributed by atoms with E-state index in [1.54, 1.807) is 0 Å². The number of carbonyl (C=O) groups excluding carboxylic acids is 1. The summed E-state index contributed by atoms with van der Waals surface area (Å²) in [6.07, 6.45) is 1.01. The van der Waals surface area contributed by atoms with Gasteiger partial charge in [-0.3, -0.25) is 4.79 Å². The first-order chi connectivity index (χ1) is 11.3. The highest BCUT2D eigenvalue weighted by molar-refractivity contribution is 5.94. The summed E-state index contributed by atoms with van der Waals surface area (Å²) in [5.74, 6) is 0.369. The molecule has 0 aromatic heterocycles. The molecule has 2 aromatic rings. The molecule has 4 nitrogen and oxygen atoms in total. The molecule has 1 amide bonds. The van der Waals surface area contributed by atoms with Crippen LogP contribution in [-0.2, 0) is 11.3 Å². The van der Waals surface area contributed by atoms with E-state index in [0.717, 1.165) is 36.3 Å². The van der Waals surface area contributed by atoms with Crippen LogP contribution in [0.4, 0.5) is 0 Å². The van der Waals surface area contributed by atoms with Crippen molar-refractivity contribution in [2.45, 2.75) is 13.0 Å². The Balaban J connectivity index is 1.67. The Kier molecular flexibility index (Phi) is 5.05. The maximum Gasteiger partial charge on any atom is 0.251 e. The van der Waals surface area contributed by atoms with Crippen molar-refractivity contribution in [2.24, 2.45) is 5.92 Å². The minimum atomic E-state index is -0.0566. The second kappa shape index (κ2) is 7.40. The summed E-state index contributed by atoms with van der Waals surface area (Å²) in [4.78, 5) is 12.2. The number of hydrogen-bond donors (Lipinski definition) is 2. The fourth-order valence-corrected chi connectivity index (χ4v) is 2.82. The van der Waals surface area contributed by atoms with E-state index in [-0.39, 0.29) is 12.5 Å². The molecular weight excluding hydrogens is 290 g/mol. The van der Waals surface area contributed by atoms with Crippen LogP contribution in [0.15, 0.2) is 48.5 Å². The number of nitrogens with one attached hydrogen (secondary N) is 1. The number of hydrogen-bond acceptors (Lipinski definition) is 3. The molecule has 1 unspecified atom stereocenters. The zero-order valence-corrected chi connectivity index (χ0v) is 13.0. The molecule has 0 bridgehead atoms. The van der Waals surface area contributed by atoms with E-state index in [1.165, 1.54) is 0 Å². The summed E-state index contributed by atoms with van der Waals surface area (Å²) in [5.41, 5.74) is 3.51. The third kappa shape index (κ3) is 3.78. The van der Waals surface area contributed by atoms with Crippen LogP contribution < -0.4 is 5.32 Å². The second-order valence-electron chi connectivity index (χ2n) is 5.83. The number of benzene rings is 2. The molecule has 1 atom stereocenters. The van der Waals surface area contributed by atoms with Gasteiger partial charge in [0, 0.05) is 24.6 Å². The molecule has 1 aliphatic rings. The Hall–Kier alpha value is -2.17. The van der Waals surface area contributed by atoms with Gasteiger partial charge in [-0.1, -0.05) is 36.4 Å². The minimum Gasteiger partial charge on any atom is -0.392 e. The van der Waals surface area contributed by atoms with E-state index < -0.39 is 0 Å². The van der Waals surface area contributed by atoms with E-state index >= 15 is 0 Å². The van der Waals surface area contributed by atoms with Crippen LogP contribution in [-0.4, -0.2) is 30.8 Å². The summed E-state index contributed by atoms with van der Waals surface area (Å²) in [6, 6.07) is 15.2. The average molecular weight is 311 g/mol. The molecule has 0 saturated carbocycles. The van der Waals surface area contributed by atoms with Crippen molar-refractivity contribution in [1.29, 1.82) is 0 Å². The number of amides is 1. The largest absolute Gasteiger partial charge is 0.392 e. The number of aliphatic hydroxyl groups excluding tert-OH is 1. The van der Waals surface area contributed by atoms with Gasteiger partial charge in [-0.2, -0.15) is 0 Å². The van der Waals surface area contributed by atoms with E-state index in [9.17, 15) is 9.90 Å². The summed E-state index contributed by atoms with van der Waals surface area (Å²) < 4.78 is 5.31. The highest BCUT2D eigenvalue weighted by atomic mass is 16.5. The van der Waals surface area contributed by atoms with Crippen molar-refractivity contribution < 1.29 is 14.6 Å². The molecule has 1 fully saturated rings. The van der Waals surface area contributed by atoms with Crippen molar-refractivity contribution >= 4 is 5.91 Å². The third-order valence-corrected chi connectivity index (χ3v) is 4.22. The number of rotatable bonds is 5. The fraction of sp³-hybridized carbons (Fsp3) is 0.316. The SMILES string of the molecule is O=C(NCC1CCOC1)c1ccc(-c2ccccc2CO)cc1. The van der Waals surface area contributed by atoms with Crippen molar-refractivity contribution in [3.8, 4) is 11.1 Å². The van der Waals surface area contributed by atoms with Gasteiger partial charge in [0.2, 0.25) is 0 Å². The third-order valence-electron chi connectivity index (χ3n) is 4.22. The predicted molar refractivity (Wildman–Crippen MR) is 89.1 cm³/mol. The first kappa shape index (κ1) is 15.7. The van der Waals surface area contributed by atoms with Gasteiger partial charge in [0.1, 0.15) is 0 Å². The van der Waals surface area contributed by atoms with Gasteiger partial charge < -0.3 is 15.2 Å². The van der Waals surface area contributed by atoms with Crippen LogP contribution in [0.2, 0.25) is 0 Å². The standard InChI is InChI=1S/C19H21NO3/c21-12-17-3-1-2-4-18(17)15-5-7-16(8-6-15)19(22)20-11-14-9-10-23-13-14/h1-8,14,21H,9-13H2,(H,20,22). The molecule has 4 heteroatoms. The monoisotopic (exact) mass is 311 g/mol. The molecule has 0 aliphatic carbocycles. The molecule has 1 saturated heterocycles. The van der Waals surface area contributed by atoms with Crippen molar-refractivity contribution in [2.75, 3.05) is 19.8 Å². The molecular formula is C19H21NO3. The number of ether oxygens (including phenoxy) is 1. The van der Waals surface area contributed by atoms with Crippen molar-refractivity contribution in [3.05, 3.63) is 59.7 Å². The lowest BCUT2D eigenvalue weighted by Gasteiger charge is -2.11. The maximum atomic E-state index is 12.2. The van der Waals surface area contributed by atoms with Gasteiger partial charge in [0.25, 0.3) is 5.91 Å². The van der Waals surface area contributed by atoms with Crippen LogP contribution >= 0.6 is 0 Å². The van der Waals surface area contributed by atoms with Crippen molar-refractivity contribution in [3.63, 3.8) is 0 Å². The van der Waals surface area contributed by atoms with Gasteiger partial charge >= 0.3 is 0 Å². The van der Waals surface area contributed by atoms with E-state index in [1.807, 2.05) is 48.5 Å². The smallest absolute Gasteiger partial charge is 0.251 e. The van der Waals surface area contributed by atoms with Gasteiger partial charge in [0.05, 0.1) is 13.2 Å². The zero-order valence-electron chi connectivity index (χ0n) is 13.0. The molecule has 0 radical (unpaired) electrons. The second-order valence-corrected chi connectivity index (χ2v) is 5.83. The molecule has 0 spiro atoms. The Morgan fingerprint density at radius 1 is 1.17 bits per heavy atom. The first-order valence-electron chi connectivity index (χ1n) is 7.93. The van der Waals surface area contributed by atoms with Gasteiger partial charge in [-0.25, -0.2) is 0 Å². The molecule has 1 aliphatic heterocycles. The fourth-order valence-electron chi connectivity index (χ4n) is 2.82. The number of carbonyl (C=O) groups is 1. The summed E-state index contributed by atoms with van der Waals surface area (Å²) in [6.45, 7) is 2.19. The van der Waals surface area contributed by atoms with Gasteiger partial charge in [-0.15, -0.1) is 0 Å². The topological polar surface area (TPSA) is 58.6 Å². The lowest BCUT2D eigenvalue weighted by Crippen LogP contribution is -2.29. The number of aliphatic hydroxyl groups is 1. The van der Waals surface area contributed by atoms with Crippen LogP contribution in [0.1, 0.15) is 22.3 Å². The van der Waals surface area contributed by atoms with E-state index in [4.69, 9.17) is 4.74 Å². The Morgan fingerprint density at radius 2 is 1.96 bits per heavy atom. The minimum absolute atomic E-state index is 0.00186. The quantitative estimate of drug-likeness (QED) is 0.892. The van der Waals surface area contributed by atoms with Gasteiger partial charge in [-0.05, 0) is 35.2 Å². The lowest BCUT2D eigenvalue weighted by atomic mass is 9.99. The highest BCUT2D eigenvalue weighted by Crippen LogP contribution is 2.24. The molecule has 23 heavy (non-hydrogen) atoms. The normalized spacial score (nSPS) is 17.2. The molecule has 3 rings (SSSR count). The Bertz CT molecular complexity index is 661. The average Bonchev–Trinajstić information content (AvgIpc) is 3.13. The van der Waals surface area contributed by atoms with Gasteiger partial charge in [0.15, 0.2) is 0 Å². The van der Waals surface area contributed by atoms with Crippen LogP contribution in [0.3, 0.4) is 0 Å². The summed E-state index contributed by atoms with van der Waals surface area (Å²) in [7, 11) is 0. The predicted octanol–water partition coefficient (Wildman–Crippen LogP) is 2.61. The van der Waals surface area contributed by atoms with Crippen LogP contribution in [0.5, 0.6) is 0 Å². The van der Waals surface area contributed by atoms with Crippen LogP contribution in [0, 0.1) is 5.92 Å². The first-order valence-corrected chi connectivity index (χ1v) is 7.93.